The van der Waals surface area contributed by atoms with Crippen molar-refractivity contribution in [1.82, 2.24) is 14.3 Å². The van der Waals surface area contributed by atoms with Crippen molar-refractivity contribution >= 4 is 56.8 Å². The Morgan fingerprint density at radius 2 is 1.93 bits per heavy atom. The molecule has 2 amide bonds. The fraction of sp³-hybridized carbons (Fsp3) is 0.345. The number of aromatic nitrogens is 2. The first-order chi connectivity index (χ1) is 19.2. The number of hydrogen-bond donors (Lipinski definition) is 2. The molecule has 40 heavy (non-hydrogen) atoms. The number of morpholine rings is 1. The Kier molecular flexibility index (Phi) is 8.43. The zero-order valence-corrected chi connectivity index (χ0v) is 24.4. The van der Waals surface area contributed by atoms with E-state index in [1.165, 1.54) is 23.5 Å². The lowest BCUT2D eigenvalue weighted by Gasteiger charge is -2.37. The summed E-state index contributed by atoms with van der Waals surface area (Å²) < 4.78 is 22.4. The molecule has 1 aliphatic rings. The van der Waals surface area contributed by atoms with Crippen molar-refractivity contribution in [2.24, 2.45) is 0 Å². The number of halogens is 1. The van der Waals surface area contributed by atoms with Gasteiger partial charge in [-0.15, -0.1) is 11.3 Å². The van der Waals surface area contributed by atoms with E-state index in [0.29, 0.717) is 40.3 Å². The number of fused-ring (bicyclic) bond motifs is 1. The van der Waals surface area contributed by atoms with Crippen LogP contribution in [0.1, 0.15) is 38.1 Å². The van der Waals surface area contributed by atoms with Crippen LogP contribution in [-0.4, -0.2) is 57.9 Å². The van der Waals surface area contributed by atoms with Crippen molar-refractivity contribution in [2.75, 3.05) is 29.9 Å². The zero-order valence-electron chi connectivity index (χ0n) is 22.8. The minimum Gasteiger partial charge on any atom is -0.372 e. The summed E-state index contributed by atoms with van der Waals surface area (Å²) in [5.74, 6) is -1.08. The third-order valence-corrected chi connectivity index (χ3v) is 8.08. The van der Waals surface area contributed by atoms with Crippen LogP contribution >= 0.6 is 23.3 Å². The van der Waals surface area contributed by atoms with Gasteiger partial charge in [0.25, 0.3) is 5.91 Å². The van der Waals surface area contributed by atoms with E-state index in [2.05, 4.69) is 34.4 Å². The predicted octanol–water partition coefficient (Wildman–Crippen LogP) is 5.79. The van der Waals surface area contributed by atoms with E-state index in [1.54, 1.807) is 23.5 Å². The smallest absolute Gasteiger partial charge is 0.253 e. The summed E-state index contributed by atoms with van der Waals surface area (Å²) >= 11 is 2.87. The summed E-state index contributed by atoms with van der Waals surface area (Å²) in [6.07, 6.45) is 1.91. The quantitative estimate of drug-likeness (QED) is 0.274. The van der Waals surface area contributed by atoms with Crippen molar-refractivity contribution in [3.63, 3.8) is 0 Å². The summed E-state index contributed by atoms with van der Waals surface area (Å²) in [5, 5.41) is 8.76. The molecule has 4 aromatic rings. The number of thiazole rings is 1. The largest absolute Gasteiger partial charge is 0.372 e. The van der Waals surface area contributed by atoms with Crippen molar-refractivity contribution in [1.29, 1.82) is 0 Å². The highest BCUT2D eigenvalue weighted by molar-refractivity contribution is 7.98. The van der Waals surface area contributed by atoms with Crippen LogP contribution in [0.25, 0.3) is 22.2 Å². The van der Waals surface area contributed by atoms with Gasteiger partial charge in [-0.1, -0.05) is 32.0 Å². The average molecular weight is 582 g/mol. The minimum absolute atomic E-state index is 0.0506. The molecule has 2 atom stereocenters. The number of nitrogens with zero attached hydrogens (tertiary/aromatic N) is 3. The van der Waals surface area contributed by atoms with Gasteiger partial charge >= 0.3 is 0 Å². The van der Waals surface area contributed by atoms with Gasteiger partial charge in [0.05, 0.1) is 35.5 Å². The highest BCUT2D eigenvalue weighted by Crippen LogP contribution is 2.31. The molecule has 210 valence electrons. The van der Waals surface area contributed by atoms with Gasteiger partial charge in [0.2, 0.25) is 5.91 Å². The standard InChI is InChI=1S/C29H32FN5O3S2/c1-17(2)40-35-15-24(23-7-5-6-8-26(23)35)28(37)31-12-27(36)33-29-32-25(16-39-29)20-9-21(30)11-22(10-20)34-13-18(3)38-19(4)14-34/h5-11,15-19H,12-14H2,1-4H3,(H,31,37)(H,32,33,36). The molecule has 3 heterocycles. The molecule has 0 bridgehead atoms. The molecule has 11 heteroatoms. The number of nitrogens with one attached hydrogen (secondary N) is 2. The summed E-state index contributed by atoms with van der Waals surface area (Å²) in [4.78, 5) is 32.2. The third-order valence-electron chi connectivity index (χ3n) is 6.37. The van der Waals surface area contributed by atoms with Gasteiger partial charge in [0.1, 0.15) is 5.82 Å². The minimum atomic E-state index is -0.397. The van der Waals surface area contributed by atoms with Crippen LogP contribution in [0.4, 0.5) is 15.2 Å². The molecular weight excluding hydrogens is 549 g/mol. The van der Waals surface area contributed by atoms with E-state index in [0.717, 1.165) is 16.6 Å². The lowest BCUT2D eigenvalue weighted by atomic mass is 10.1. The number of carbonyl (C=O) groups is 2. The Hall–Kier alpha value is -3.41. The fourth-order valence-electron chi connectivity index (χ4n) is 4.82. The van der Waals surface area contributed by atoms with E-state index in [4.69, 9.17) is 4.74 Å². The summed E-state index contributed by atoms with van der Waals surface area (Å²) in [5.41, 5.74) is 3.42. The molecule has 2 N–H and O–H groups in total. The first-order valence-electron chi connectivity index (χ1n) is 13.2. The Labute approximate surface area is 241 Å². The Morgan fingerprint density at radius 1 is 1.18 bits per heavy atom. The van der Waals surface area contributed by atoms with E-state index in [9.17, 15) is 14.0 Å². The van der Waals surface area contributed by atoms with E-state index in [1.807, 2.05) is 48.2 Å². The van der Waals surface area contributed by atoms with Crippen LogP contribution in [0.5, 0.6) is 0 Å². The molecule has 5 rings (SSSR count). The maximum absolute atomic E-state index is 14.6. The lowest BCUT2D eigenvalue weighted by Crippen LogP contribution is -2.45. The lowest BCUT2D eigenvalue weighted by molar-refractivity contribution is -0.115. The monoisotopic (exact) mass is 581 g/mol. The number of rotatable bonds is 8. The highest BCUT2D eigenvalue weighted by Gasteiger charge is 2.23. The number of ether oxygens (including phenoxy) is 1. The first-order valence-corrected chi connectivity index (χ1v) is 14.9. The Morgan fingerprint density at radius 3 is 2.67 bits per heavy atom. The molecule has 8 nitrogen and oxygen atoms in total. The predicted molar refractivity (Wildman–Crippen MR) is 161 cm³/mol. The number of amides is 2. The maximum atomic E-state index is 14.6. The SMILES string of the molecule is CC1CN(c2cc(F)cc(-c3csc(NC(=O)CNC(=O)c4cn(SC(C)C)c5ccccc45)n3)c2)CC(C)O1. The van der Waals surface area contributed by atoms with Crippen LogP contribution in [-0.2, 0) is 9.53 Å². The van der Waals surface area contributed by atoms with Crippen LogP contribution in [0.2, 0.25) is 0 Å². The van der Waals surface area contributed by atoms with Crippen molar-refractivity contribution in [3.05, 3.63) is 65.4 Å². The number of carbonyl (C=O) groups excluding carboxylic acids is 2. The first kappa shape index (κ1) is 28.1. The van der Waals surface area contributed by atoms with Crippen molar-refractivity contribution in [3.8, 4) is 11.3 Å². The Balaban J connectivity index is 1.23. The summed E-state index contributed by atoms with van der Waals surface area (Å²) in [6.45, 7) is 9.33. The van der Waals surface area contributed by atoms with E-state index in [-0.39, 0.29) is 30.5 Å². The van der Waals surface area contributed by atoms with Crippen molar-refractivity contribution < 1.29 is 18.7 Å². The summed E-state index contributed by atoms with van der Waals surface area (Å²) in [7, 11) is 0. The topological polar surface area (TPSA) is 88.5 Å². The van der Waals surface area contributed by atoms with Crippen molar-refractivity contribution in [2.45, 2.75) is 45.2 Å². The van der Waals surface area contributed by atoms with E-state index < -0.39 is 5.91 Å². The van der Waals surface area contributed by atoms with Crippen LogP contribution in [0, 0.1) is 5.82 Å². The Bertz CT molecular complexity index is 1530. The molecule has 1 aliphatic heterocycles. The molecule has 2 unspecified atom stereocenters. The number of anilines is 2. The molecule has 1 saturated heterocycles. The van der Waals surface area contributed by atoms with E-state index >= 15 is 0 Å². The second-order valence-corrected chi connectivity index (χ2v) is 12.6. The third kappa shape index (κ3) is 6.48. The molecule has 2 aromatic heterocycles. The molecular formula is C29H32FN5O3S2. The zero-order chi connectivity index (χ0) is 28.4. The van der Waals surface area contributed by atoms with Gasteiger partial charge in [-0.05, 0) is 50.1 Å². The van der Waals surface area contributed by atoms with Gasteiger partial charge in [-0.25, -0.2) is 9.37 Å². The second-order valence-electron chi connectivity index (χ2n) is 10.2. The number of benzene rings is 2. The molecule has 0 saturated carbocycles. The van der Waals surface area contributed by atoms with Gasteiger partial charge in [0, 0.05) is 46.6 Å². The molecule has 0 aliphatic carbocycles. The second kappa shape index (κ2) is 12.0. The van der Waals surface area contributed by atoms with Gasteiger partial charge in [0.15, 0.2) is 5.13 Å². The molecule has 0 radical (unpaired) electrons. The fourth-order valence-corrected chi connectivity index (χ4v) is 6.45. The molecule has 2 aromatic carbocycles. The molecule has 0 spiro atoms. The normalized spacial score (nSPS) is 17.4. The van der Waals surface area contributed by atoms with Gasteiger partial charge in [-0.3, -0.25) is 13.6 Å². The van der Waals surface area contributed by atoms with Gasteiger partial charge < -0.3 is 20.3 Å². The average Bonchev–Trinajstić information content (AvgIpc) is 3.51. The van der Waals surface area contributed by atoms with Gasteiger partial charge in [-0.2, -0.15) is 0 Å². The van der Waals surface area contributed by atoms with Crippen LogP contribution in [0.15, 0.2) is 54.0 Å². The summed E-state index contributed by atoms with van der Waals surface area (Å²) in [6, 6.07) is 12.6. The number of hydrogen-bond acceptors (Lipinski definition) is 7. The van der Waals surface area contributed by atoms with Crippen LogP contribution < -0.4 is 15.5 Å². The number of para-hydroxylation sites is 1. The molecule has 1 fully saturated rings. The maximum Gasteiger partial charge on any atom is 0.253 e. The van der Waals surface area contributed by atoms with Crippen LogP contribution in [0.3, 0.4) is 0 Å². The highest BCUT2D eigenvalue weighted by atomic mass is 32.2.